The zero-order chi connectivity index (χ0) is 17.8. The van der Waals surface area contributed by atoms with Crippen molar-refractivity contribution in [2.75, 3.05) is 0 Å². The molecule has 4 rings (SSSR count). The molecule has 0 bridgehead atoms. The molecule has 0 aliphatic heterocycles. The Morgan fingerprint density at radius 1 is 1.08 bits per heavy atom. The van der Waals surface area contributed by atoms with Crippen molar-refractivity contribution in [3.63, 3.8) is 0 Å². The molecule has 1 fully saturated rings. The lowest BCUT2D eigenvalue weighted by Crippen LogP contribution is -2.44. The molecule has 1 saturated carbocycles. The van der Waals surface area contributed by atoms with Gasteiger partial charge in [0.1, 0.15) is 10.1 Å². The predicted molar refractivity (Wildman–Crippen MR) is 98.9 cm³/mol. The molecular formula is C21H22BrF3. The summed E-state index contributed by atoms with van der Waals surface area (Å²) in [6, 6.07) is 8.53. The van der Waals surface area contributed by atoms with E-state index >= 15 is 8.78 Å². The Hall–Kier alpha value is -1.03. The van der Waals surface area contributed by atoms with Crippen LogP contribution in [-0.2, 0) is 12.3 Å². The first-order valence-electron chi connectivity index (χ1n) is 9.12. The normalized spacial score (nSPS) is 31.7. The van der Waals surface area contributed by atoms with Gasteiger partial charge in [-0.3, -0.25) is 0 Å². The van der Waals surface area contributed by atoms with Crippen LogP contribution < -0.4 is 0 Å². The topological polar surface area (TPSA) is 0 Å². The molecule has 0 saturated heterocycles. The molecule has 0 spiro atoms. The van der Waals surface area contributed by atoms with E-state index in [-0.39, 0.29) is 17.9 Å². The molecule has 4 heteroatoms. The molecular weight excluding hydrogens is 389 g/mol. The van der Waals surface area contributed by atoms with E-state index in [0.29, 0.717) is 16.9 Å². The van der Waals surface area contributed by atoms with E-state index in [9.17, 15) is 4.39 Å². The van der Waals surface area contributed by atoms with Crippen molar-refractivity contribution in [2.45, 2.75) is 55.7 Å². The van der Waals surface area contributed by atoms with E-state index in [1.165, 1.54) is 6.07 Å². The van der Waals surface area contributed by atoms with Gasteiger partial charge >= 0.3 is 0 Å². The van der Waals surface area contributed by atoms with Gasteiger partial charge in [-0.2, -0.15) is 8.78 Å². The van der Waals surface area contributed by atoms with Gasteiger partial charge in [-0.05, 0) is 53.5 Å². The number of halogens is 4. The third-order valence-corrected chi connectivity index (χ3v) is 7.71. The molecule has 134 valence electrons. The summed E-state index contributed by atoms with van der Waals surface area (Å²) >= 11 is 3.47. The first-order valence-corrected chi connectivity index (χ1v) is 9.91. The lowest BCUT2D eigenvalue weighted by Gasteiger charge is -2.37. The highest BCUT2D eigenvalue weighted by atomic mass is 79.9. The average Bonchev–Trinajstić information content (AvgIpc) is 2.69. The molecule has 3 unspecified atom stereocenters. The Kier molecular flexibility index (Phi) is 4.18. The Morgan fingerprint density at radius 3 is 2.64 bits per heavy atom. The Balaban J connectivity index is 1.84. The van der Waals surface area contributed by atoms with E-state index < -0.39 is 16.1 Å². The maximum atomic E-state index is 15.5. The summed E-state index contributed by atoms with van der Waals surface area (Å²) in [6.07, 6.45) is 4.76. The second-order valence-corrected chi connectivity index (χ2v) is 9.27. The molecule has 0 amide bonds. The predicted octanol–water partition coefficient (Wildman–Crippen LogP) is 6.98. The smallest absolute Gasteiger partial charge is 0.206 e. The van der Waals surface area contributed by atoms with Crippen LogP contribution in [-0.4, -0.2) is 4.32 Å². The summed E-state index contributed by atoms with van der Waals surface area (Å²) < 4.78 is 44.3. The van der Waals surface area contributed by atoms with Crippen molar-refractivity contribution < 1.29 is 13.2 Å². The fourth-order valence-corrected chi connectivity index (χ4v) is 5.77. The van der Waals surface area contributed by atoms with Gasteiger partial charge in [-0.25, -0.2) is 4.39 Å². The van der Waals surface area contributed by atoms with Gasteiger partial charge in [0.05, 0.1) is 5.56 Å². The van der Waals surface area contributed by atoms with Crippen LogP contribution >= 0.6 is 15.9 Å². The van der Waals surface area contributed by atoms with Gasteiger partial charge in [-0.15, -0.1) is 0 Å². The SMILES string of the molecule is CC1CCCC(C2(Br)Cc3c(c(F)cc4ccccc34)C2(F)F)CC1. The van der Waals surface area contributed by atoms with E-state index in [1.807, 2.05) is 18.2 Å². The minimum absolute atomic E-state index is 0.141. The first kappa shape index (κ1) is 17.4. The van der Waals surface area contributed by atoms with Crippen molar-refractivity contribution in [2.24, 2.45) is 11.8 Å². The fourth-order valence-electron chi connectivity index (χ4n) is 4.83. The zero-order valence-corrected chi connectivity index (χ0v) is 15.9. The molecule has 0 heterocycles. The standard InChI is InChI=1S/C21H22BrF3/c1-13-5-4-7-15(10-9-13)20(22)12-17-16-8-3-2-6-14(16)11-18(23)19(17)21(20,24)25/h2-3,6,8,11,13,15H,4-5,7,9-10,12H2,1H3. The molecule has 0 radical (unpaired) electrons. The quantitative estimate of drug-likeness (QED) is 0.351. The van der Waals surface area contributed by atoms with Gasteiger partial charge in [0.15, 0.2) is 0 Å². The average molecular weight is 411 g/mol. The monoisotopic (exact) mass is 410 g/mol. The highest BCUT2D eigenvalue weighted by Crippen LogP contribution is 2.60. The maximum absolute atomic E-state index is 15.5. The number of alkyl halides is 3. The maximum Gasteiger partial charge on any atom is 0.291 e. The van der Waals surface area contributed by atoms with Crippen LogP contribution in [0.5, 0.6) is 0 Å². The van der Waals surface area contributed by atoms with Crippen LogP contribution in [0.2, 0.25) is 0 Å². The number of hydrogen-bond donors (Lipinski definition) is 0. The van der Waals surface area contributed by atoms with Crippen molar-refractivity contribution in [3.05, 3.63) is 47.3 Å². The molecule has 2 aromatic rings. The van der Waals surface area contributed by atoms with Crippen molar-refractivity contribution in [3.8, 4) is 0 Å². The lowest BCUT2D eigenvalue weighted by atomic mass is 9.81. The summed E-state index contributed by atoms with van der Waals surface area (Å²) in [5.74, 6) is -3.54. The van der Waals surface area contributed by atoms with Crippen molar-refractivity contribution in [1.29, 1.82) is 0 Å². The van der Waals surface area contributed by atoms with Gasteiger partial charge < -0.3 is 0 Å². The summed E-state index contributed by atoms with van der Waals surface area (Å²) in [7, 11) is 0. The second kappa shape index (κ2) is 6.00. The van der Waals surface area contributed by atoms with Gasteiger partial charge in [0.2, 0.25) is 0 Å². The van der Waals surface area contributed by atoms with Gasteiger partial charge in [0, 0.05) is 0 Å². The second-order valence-electron chi connectivity index (χ2n) is 7.86. The lowest BCUT2D eigenvalue weighted by molar-refractivity contribution is -0.0558. The van der Waals surface area contributed by atoms with Crippen LogP contribution in [0, 0.1) is 17.7 Å². The molecule has 0 N–H and O–H groups in total. The highest BCUT2D eigenvalue weighted by molar-refractivity contribution is 9.10. The number of fused-ring (bicyclic) bond motifs is 3. The summed E-state index contributed by atoms with van der Waals surface area (Å²) in [6.45, 7) is 2.19. The molecule has 0 aromatic heterocycles. The van der Waals surface area contributed by atoms with Crippen LogP contribution in [0.25, 0.3) is 10.8 Å². The Labute approximate surface area is 154 Å². The van der Waals surface area contributed by atoms with Gasteiger partial charge in [-0.1, -0.05) is 66.4 Å². The minimum atomic E-state index is -3.20. The van der Waals surface area contributed by atoms with Crippen LogP contribution in [0.4, 0.5) is 13.2 Å². The minimum Gasteiger partial charge on any atom is -0.206 e. The third kappa shape index (κ3) is 2.55. The van der Waals surface area contributed by atoms with Gasteiger partial charge in [0.25, 0.3) is 5.92 Å². The first-order chi connectivity index (χ1) is 11.8. The van der Waals surface area contributed by atoms with E-state index in [4.69, 9.17) is 0 Å². The Bertz CT molecular complexity index is 816. The molecule has 0 nitrogen and oxygen atoms in total. The molecule has 3 atom stereocenters. The zero-order valence-electron chi connectivity index (χ0n) is 14.3. The fraction of sp³-hybridized carbons (Fsp3) is 0.524. The number of hydrogen-bond acceptors (Lipinski definition) is 0. The summed E-state index contributed by atoms with van der Waals surface area (Å²) in [5.41, 5.74) is 0.0927. The highest BCUT2D eigenvalue weighted by Gasteiger charge is 2.63. The molecule has 2 aromatic carbocycles. The summed E-state index contributed by atoms with van der Waals surface area (Å²) in [5, 5.41) is 1.45. The van der Waals surface area contributed by atoms with Crippen LogP contribution in [0.1, 0.15) is 50.2 Å². The third-order valence-electron chi connectivity index (χ3n) is 6.28. The number of benzene rings is 2. The van der Waals surface area contributed by atoms with E-state index in [0.717, 1.165) is 37.5 Å². The van der Waals surface area contributed by atoms with Crippen LogP contribution in [0.15, 0.2) is 30.3 Å². The van der Waals surface area contributed by atoms with E-state index in [1.54, 1.807) is 6.07 Å². The Morgan fingerprint density at radius 2 is 1.84 bits per heavy atom. The van der Waals surface area contributed by atoms with Crippen molar-refractivity contribution >= 4 is 26.7 Å². The van der Waals surface area contributed by atoms with Crippen LogP contribution in [0.3, 0.4) is 0 Å². The number of rotatable bonds is 1. The van der Waals surface area contributed by atoms with Crippen molar-refractivity contribution in [1.82, 2.24) is 0 Å². The molecule has 2 aliphatic carbocycles. The summed E-state index contributed by atoms with van der Waals surface area (Å²) in [4.78, 5) is 0. The van der Waals surface area contributed by atoms with E-state index in [2.05, 4.69) is 22.9 Å². The largest absolute Gasteiger partial charge is 0.291 e. The molecule has 2 aliphatic rings. The molecule has 25 heavy (non-hydrogen) atoms.